The zero-order chi connectivity index (χ0) is 15.1. The van der Waals surface area contributed by atoms with E-state index in [0.717, 1.165) is 18.7 Å². The van der Waals surface area contributed by atoms with E-state index in [9.17, 15) is 0 Å². The summed E-state index contributed by atoms with van der Waals surface area (Å²) in [4.78, 5) is 2.53. The summed E-state index contributed by atoms with van der Waals surface area (Å²) < 4.78 is 0. The predicted octanol–water partition coefficient (Wildman–Crippen LogP) is 3.58. The van der Waals surface area contributed by atoms with Crippen LogP contribution < -0.4 is 10.6 Å². The van der Waals surface area contributed by atoms with Gasteiger partial charge in [0, 0.05) is 12.2 Å². The van der Waals surface area contributed by atoms with Crippen molar-refractivity contribution in [2.24, 2.45) is 0 Å². The largest absolute Gasteiger partial charge is 0.362 e. The van der Waals surface area contributed by atoms with Crippen molar-refractivity contribution in [2.45, 2.75) is 39.0 Å². The van der Waals surface area contributed by atoms with Crippen LogP contribution in [-0.4, -0.2) is 36.2 Å². The highest BCUT2D eigenvalue weighted by molar-refractivity contribution is 7.80. The molecule has 0 saturated carbocycles. The van der Waals surface area contributed by atoms with Gasteiger partial charge in [-0.05, 0) is 74.7 Å². The van der Waals surface area contributed by atoms with Crippen LogP contribution in [0.1, 0.15) is 44.6 Å². The molecule has 0 amide bonds. The molecule has 0 bridgehead atoms. The summed E-state index contributed by atoms with van der Waals surface area (Å²) in [6.07, 6.45) is 3.87. The van der Waals surface area contributed by atoms with E-state index in [1.807, 2.05) is 0 Å². The maximum absolute atomic E-state index is 5.33. The first-order valence-corrected chi connectivity index (χ1v) is 8.43. The molecule has 4 heteroatoms. The Balaban J connectivity index is 1.64. The Morgan fingerprint density at radius 1 is 1.19 bits per heavy atom. The lowest BCUT2D eigenvalue weighted by Gasteiger charge is -2.15. The molecule has 0 radical (unpaired) electrons. The Bertz CT molecular complexity index is 436. The third-order valence-electron chi connectivity index (χ3n) is 3.97. The van der Waals surface area contributed by atoms with E-state index >= 15 is 0 Å². The standard InChI is InChI=1S/C17H27N3S/c1-14(2)15-6-8-16(9-7-15)19-17(21)18-10-5-13-20-11-3-4-12-20/h6-9,14H,3-5,10-13H2,1-2H3,(H2,18,19,21). The van der Waals surface area contributed by atoms with Crippen LogP contribution in [0.2, 0.25) is 0 Å². The molecule has 0 aliphatic carbocycles. The fraction of sp³-hybridized carbons (Fsp3) is 0.588. The van der Waals surface area contributed by atoms with Gasteiger partial charge in [-0.15, -0.1) is 0 Å². The molecular formula is C17H27N3S. The molecule has 1 saturated heterocycles. The fourth-order valence-corrected chi connectivity index (χ4v) is 2.86. The first-order valence-electron chi connectivity index (χ1n) is 8.02. The molecule has 1 aromatic rings. The van der Waals surface area contributed by atoms with Crippen LogP contribution in [0.15, 0.2) is 24.3 Å². The van der Waals surface area contributed by atoms with E-state index in [4.69, 9.17) is 12.2 Å². The molecular weight excluding hydrogens is 278 g/mol. The molecule has 2 N–H and O–H groups in total. The van der Waals surface area contributed by atoms with E-state index in [-0.39, 0.29) is 0 Å². The minimum absolute atomic E-state index is 0.565. The molecule has 0 atom stereocenters. The van der Waals surface area contributed by atoms with E-state index in [1.165, 1.54) is 38.0 Å². The quantitative estimate of drug-likeness (QED) is 0.620. The Hall–Kier alpha value is -1.13. The average molecular weight is 305 g/mol. The van der Waals surface area contributed by atoms with Crippen LogP contribution >= 0.6 is 12.2 Å². The SMILES string of the molecule is CC(C)c1ccc(NC(=S)NCCCN2CCCC2)cc1. The second-order valence-electron chi connectivity index (χ2n) is 6.06. The molecule has 1 aliphatic heterocycles. The van der Waals surface area contributed by atoms with Gasteiger partial charge in [-0.1, -0.05) is 26.0 Å². The highest BCUT2D eigenvalue weighted by Gasteiger charge is 2.10. The maximum atomic E-state index is 5.33. The van der Waals surface area contributed by atoms with Crippen molar-refractivity contribution >= 4 is 23.0 Å². The number of benzene rings is 1. The van der Waals surface area contributed by atoms with Gasteiger partial charge in [0.2, 0.25) is 0 Å². The van der Waals surface area contributed by atoms with Crippen molar-refractivity contribution in [1.82, 2.24) is 10.2 Å². The number of likely N-dealkylation sites (tertiary alicyclic amines) is 1. The van der Waals surface area contributed by atoms with Crippen LogP contribution in [0.4, 0.5) is 5.69 Å². The number of anilines is 1. The molecule has 1 heterocycles. The summed E-state index contributed by atoms with van der Waals surface area (Å²) in [7, 11) is 0. The number of hydrogen-bond acceptors (Lipinski definition) is 2. The molecule has 0 spiro atoms. The number of nitrogens with one attached hydrogen (secondary N) is 2. The van der Waals surface area contributed by atoms with Gasteiger partial charge < -0.3 is 15.5 Å². The molecule has 1 aromatic carbocycles. The van der Waals surface area contributed by atoms with Crippen molar-refractivity contribution in [2.75, 3.05) is 31.5 Å². The van der Waals surface area contributed by atoms with Crippen molar-refractivity contribution in [1.29, 1.82) is 0 Å². The van der Waals surface area contributed by atoms with Crippen molar-refractivity contribution < 1.29 is 0 Å². The molecule has 0 aromatic heterocycles. The van der Waals surface area contributed by atoms with Gasteiger partial charge in [-0.3, -0.25) is 0 Å². The maximum Gasteiger partial charge on any atom is 0.170 e. The van der Waals surface area contributed by atoms with Gasteiger partial charge in [-0.2, -0.15) is 0 Å². The van der Waals surface area contributed by atoms with Gasteiger partial charge in [0.1, 0.15) is 0 Å². The third-order valence-corrected chi connectivity index (χ3v) is 4.22. The second-order valence-corrected chi connectivity index (χ2v) is 6.47. The monoisotopic (exact) mass is 305 g/mol. The molecule has 1 aliphatic rings. The molecule has 21 heavy (non-hydrogen) atoms. The average Bonchev–Trinajstić information content (AvgIpc) is 2.97. The third kappa shape index (κ3) is 5.64. The number of rotatable bonds is 6. The zero-order valence-corrected chi connectivity index (χ0v) is 14.0. The molecule has 0 unspecified atom stereocenters. The Morgan fingerprint density at radius 3 is 2.48 bits per heavy atom. The topological polar surface area (TPSA) is 27.3 Å². The minimum Gasteiger partial charge on any atom is -0.362 e. The zero-order valence-electron chi connectivity index (χ0n) is 13.2. The van der Waals surface area contributed by atoms with Gasteiger partial charge >= 0.3 is 0 Å². The first-order chi connectivity index (χ1) is 10.1. The highest BCUT2D eigenvalue weighted by atomic mass is 32.1. The van der Waals surface area contributed by atoms with Crippen LogP contribution in [-0.2, 0) is 0 Å². The van der Waals surface area contributed by atoms with Crippen LogP contribution in [0.25, 0.3) is 0 Å². The number of nitrogens with zero attached hydrogens (tertiary/aromatic N) is 1. The lowest BCUT2D eigenvalue weighted by Crippen LogP contribution is -2.31. The summed E-state index contributed by atoms with van der Waals surface area (Å²) in [6, 6.07) is 8.49. The normalized spacial score (nSPS) is 15.4. The van der Waals surface area contributed by atoms with Gasteiger partial charge in [-0.25, -0.2) is 0 Å². The van der Waals surface area contributed by atoms with E-state index in [2.05, 4.69) is 53.6 Å². The van der Waals surface area contributed by atoms with Crippen LogP contribution in [0.3, 0.4) is 0 Å². The van der Waals surface area contributed by atoms with Gasteiger partial charge in [0.15, 0.2) is 5.11 Å². The molecule has 1 fully saturated rings. The summed E-state index contributed by atoms with van der Waals surface area (Å²) >= 11 is 5.33. The summed E-state index contributed by atoms with van der Waals surface area (Å²) in [6.45, 7) is 9.06. The Morgan fingerprint density at radius 2 is 1.86 bits per heavy atom. The second kappa shape index (κ2) is 8.35. The lowest BCUT2D eigenvalue weighted by molar-refractivity contribution is 0.334. The van der Waals surface area contributed by atoms with Crippen LogP contribution in [0.5, 0.6) is 0 Å². The van der Waals surface area contributed by atoms with E-state index in [0.29, 0.717) is 11.0 Å². The Labute approximate surface area is 134 Å². The summed E-state index contributed by atoms with van der Waals surface area (Å²) in [5.41, 5.74) is 2.40. The van der Waals surface area contributed by atoms with E-state index in [1.54, 1.807) is 0 Å². The fourth-order valence-electron chi connectivity index (χ4n) is 2.64. The van der Waals surface area contributed by atoms with E-state index < -0.39 is 0 Å². The Kier molecular flexibility index (Phi) is 6.46. The molecule has 3 nitrogen and oxygen atoms in total. The van der Waals surface area contributed by atoms with Gasteiger partial charge in [0.05, 0.1) is 0 Å². The number of thiocarbonyl (C=S) groups is 1. The number of hydrogen-bond donors (Lipinski definition) is 2. The van der Waals surface area contributed by atoms with Gasteiger partial charge in [0.25, 0.3) is 0 Å². The summed E-state index contributed by atoms with van der Waals surface area (Å²) in [5, 5.41) is 7.25. The predicted molar refractivity (Wildman–Crippen MR) is 95.0 cm³/mol. The molecule has 116 valence electrons. The van der Waals surface area contributed by atoms with Crippen molar-refractivity contribution in [3.8, 4) is 0 Å². The van der Waals surface area contributed by atoms with Crippen molar-refractivity contribution in [3.63, 3.8) is 0 Å². The summed E-state index contributed by atoms with van der Waals surface area (Å²) in [5.74, 6) is 0.565. The smallest absolute Gasteiger partial charge is 0.170 e. The van der Waals surface area contributed by atoms with Crippen molar-refractivity contribution in [3.05, 3.63) is 29.8 Å². The highest BCUT2D eigenvalue weighted by Crippen LogP contribution is 2.17. The van der Waals surface area contributed by atoms with Crippen LogP contribution in [0, 0.1) is 0 Å². The lowest BCUT2D eigenvalue weighted by atomic mass is 10.0. The minimum atomic E-state index is 0.565. The first kappa shape index (κ1) is 16.2. The molecule has 2 rings (SSSR count).